The Labute approximate surface area is 126 Å². The summed E-state index contributed by atoms with van der Waals surface area (Å²) in [5, 5.41) is 0. The Morgan fingerprint density at radius 1 is 0.762 bits per heavy atom. The lowest BCUT2D eigenvalue weighted by Gasteiger charge is -2.32. The van der Waals surface area contributed by atoms with Crippen molar-refractivity contribution < 1.29 is 23.5 Å². The first-order valence-electron chi connectivity index (χ1n) is 6.91. The van der Waals surface area contributed by atoms with Crippen molar-refractivity contribution in [2.45, 2.75) is 38.9 Å². The van der Waals surface area contributed by atoms with Crippen LogP contribution in [0.2, 0.25) is 0 Å². The lowest BCUT2D eigenvalue weighted by Crippen LogP contribution is -2.41. The van der Waals surface area contributed by atoms with Gasteiger partial charge in [-0.25, -0.2) is 0 Å². The van der Waals surface area contributed by atoms with Gasteiger partial charge in [0.25, 0.3) is 0 Å². The number of methoxy groups -OCH3 is 3. The van der Waals surface area contributed by atoms with Crippen LogP contribution in [0, 0.1) is 0 Å². The topological polar surface area (TPSA) is 46.2 Å². The van der Waals surface area contributed by atoms with E-state index in [2.05, 4.69) is 0 Å². The van der Waals surface area contributed by atoms with Crippen LogP contribution in [0.25, 0.3) is 0 Å². The highest BCUT2D eigenvalue weighted by Crippen LogP contribution is 2.38. The zero-order valence-electron chi connectivity index (χ0n) is 13.8. The van der Waals surface area contributed by atoms with Crippen LogP contribution in [0.3, 0.4) is 0 Å². The van der Waals surface area contributed by atoms with Crippen LogP contribution in [0.1, 0.15) is 27.7 Å². The highest BCUT2D eigenvalue weighted by molar-refractivity contribution is 6.63. The van der Waals surface area contributed by atoms with Gasteiger partial charge >= 0.3 is 7.12 Å². The second-order valence-corrected chi connectivity index (χ2v) is 6.04. The monoisotopic (exact) mass is 294 g/mol. The Kier molecular flexibility index (Phi) is 4.13. The minimum atomic E-state index is -0.509. The van der Waals surface area contributed by atoms with Gasteiger partial charge in [0.2, 0.25) is 0 Å². The molecule has 1 aromatic rings. The largest absolute Gasteiger partial charge is 0.498 e. The Morgan fingerprint density at radius 3 is 1.62 bits per heavy atom. The maximum Gasteiger partial charge on any atom is 0.498 e. The average Bonchev–Trinajstić information content (AvgIpc) is 2.65. The molecule has 1 aliphatic heterocycles. The van der Waals surface area contributed by atoms with Crippen molar-refractivity contribution in [2.75, 3.05) is 21.3 Å². The van der Waals surface area contributed by atoms with E-state index in [1.54, 1.807) is 27.4 Å². The summed E-state index contributed by atoms with van der Waals surface area (Å²) in [6, 6.07) is 3.61. The number of hydrogen-bond donors (Lipinski definition) is 0. The summed E-state index contributed by atoms with van der Waals surface area (Å²) in [7, 11) is 4.28. The van der Waals surface area contributed by atoms with Gasteiger partial charge in [0.1, 0.15) is 5.75 Å². The van der Waals surface area contributed by atoms with E-state index in [1.807, 2.05) is 33.8 Å². The Morgan fingerprint density at radius 2 is 1.19 bits per heavy atom. The van der Waals surface area contributed by atoms with Crippen molar-refractivity contribution in [1.82, 2.24) is 0 Å². The molecule has 0 aliphatic carbocycles. The predicted octanol–water partition coefficient (Wildman–Crippen LogP) is 2.01. The molecule has 0 atom stereocenters. The van der Waals surface area contributed by atoms with Crippen LogP contribution >= 0.6 is 0 Å². The van der Waals surface area contributed by atoms with Crippen molar-refractivity contribution in [2.24, 2.45) is 0 Å². The van der Waals surface area contributed by atoms with Crippen LogP contribution in [0.15, 0.2) is 12.1 Å². The molecular formula is C15H23BO5. The van der Waals surface area contributed by atoms with Crippen molar-refractivity contribution in [1.29, 1.82) is 0 Å². The van der Waals surface area contributed by atoms with Crippen molar-refractivity contribution in [3.8, 4) is 17.2 Å². The molecule has 2 rings (SSSR count). The molecule has 21 heavy (non-hydrogen) atoms. The third-order valence-corrected chi connectivity index (χ3v) is 4.24. The van der Waals surface area contributed by atoms with Crippen LogP contribution in [-0.4, -0.2) is 39.6 Å². The van der Waals surface area contributed by atoms with Crippen molar-refractivity contribution >= 4 is 12.6 Å². The van der Waals surface area contributed by atoms with E-state index in [0.29, 0.717) is 17.2 Å². The second-order valence-electron chi connectivity index (χ2n) is 6.04. The maximum atomic E-state index is 6.07. The third kappa shape index (κ3) is 2.70. The maximum absolute atomic E-state index is 6.07. The number of rotatable bonds is 4. The standard InChI is InChI=1S/C15H23BO5/c1-14(2)15(3,4)21-16(20-14)10-8-12(18-6)13(19-7)9-11(10)17-5/h8-9H,1-7H3. The van der Waals surface area contributed by atoms with Crippen molar-refractivity contribution in [3.63, 3.8) is 0 Å². The highest BCUT2D eigenvalue weighted by atomic mass is 16.7. The lowest BCUT2D eigenvalue weighted by molar-refractivity contribution is 0.00578. The minimum absolute atomic E-state index is 0.407. The summed E-state index contributed by atoms with van der Waals surface area (Å²) >= 11 is 0. The van der Waals surface area contributed by atoms with E-state index in [0.717, 1.165) is 5.46 Å². The van der Waals surface area contributed by atoms with Gasteiger partial charge in [0.15, 0.2) is 11.5 Å². The highest BCUT2D eigenvalue weighted by Gasteiger charge is 2.52. The summed E-state index contributed by atoms with van der Waals surface area (Å²) in [5.41, 5.74) is -0.0279. The molecule has 0 amide bonds. The van der Waals surface area contributed by atoms with Gasteiger partial charge in [-0.1, -0.05) is 0 Å². The fraction of sp³-hybridized carbons (Fsp3) is 0.600. The molecule has 0 saturated carbocycles. The molecule has 5 nitrogen and oxygen atoms in total. The van der Waals surface area contributed by atoms with E-state index in [4.69, 9.17) is 23.5 Å². The molecule has 6 heteroatoms. The van der Waals surface area contributed by atoms with Gasteiger partial charge < -0.3 is 23.5 Å². The molecule has 0 aromatic heterocycles. The van der Waals surface area contributed by atoms with Crippen LogP contribution in [-0.2, 0) is 9.31 Å². The Hall–Kier alpha value is -1.40. The first kappa shape index (κ1) is 16.0. The average molecular weight is 294 g/mol. The first-order valence-corrected chi connectivity index (χ1v) is 6.91. The van der Waals surface area contributed by atoms with Crippen LogP contribution < -0.4 is 19.7 Å². The first-order chi connectivity index (χ1) is 9.75. The molecule has 1 saturated heterocycles. The van der Waals surface area contributed by atoms with Crippen LogP contribution in [0.4, 0.5) is 0 Å². The molecular weight excluding hydrogens is 271 g/mol. The van der Waals surface area contributed by atoms with Gasteiger partial charge in [-0.3, -0.25) is 0 Å². The van der Waals surface area contributed by atoms with E-state index in [-0.39, 0.29) is 0 Å². The minimum Gasteiger partial charge on any atom is -0.497 e. The van der Waals surface area contributed by atoms with Gasteiger partial charge in [0.05, 0.1) is 32.5 Å². The van der Waals surface area contributed by atoms with E-state index >= 15 is 0 Å². The zero-order chi connectivity index (χ0) is 15.8. The molecule has 1 aromatic carbocycles. The van der Waals surface area contributed by atoms with E-state index in [9.17, 15) is 0 Å². The van der Waals surface area contributed by atoms with Gasteiger partial charge in [-0.15, -0.1) is 0 Å². The van der Waals surface area contributed by atoms with Gasteiger partial charge in [-0.2, -0.15) is 0 Å². The quantitative estimate of drug-likeness (QED) is 0.795. The number of benzene rings is 1. The Bertz CT molecular complexity index is 511. The van der Waals surface area contributed by atoms with E-state index < -0.39 is 18.3 Å². The molecule has 0 bridgehead atoms. The summed E-state index contributed by atoms with van der Waals surface area (Å²) in [5.74, 6) is 1.86. The molecule has 0 N–H and O–H groups in total. The fourth-order valence-electron chi connectivity index (χ4n) is 2.21. The molecule has 0 spiro atoms. The van der Waals surface area contributed by atoms with Crippen molar-refractivity contribution in [3.05, 3.63) is 12.1 Å². The molecule has 116 valence electrons. The summed E-state index contributed by atoms with van der Waals surface area (Å²) in [6.07, 6.45) is 0. The lowest BCUT2D eigenvalue weighted by atomic mass is 9.78. The SMILES string of the molecule is COc1cc(OC)c(B2OC(C)(C)C(C)(C)O2)cc1OC. The fourth-order valence-corrected chi connectivity index (χ4v) is 2.21. The summed E-state index contributed by atoms with van der Waals surface area (Å²) in [6.45, 7) is 8.06. The summed E-state index contributed by atoms with van der Waals surface area (Å²) < 4.78 is 28.2. The second kappa shape index (κ2) is 5.42. The van der Waals surface area contributed by atoms with Gasteiger partial charge in [-0.05, 0) is 33.8 Å². The van der Waals surface area contributed by atoms with Crippen LogP contribution in [0.5, 0.6) is 17.2 Å². The van der Waals surface area contributed by atoms with E-state index in [1.165, 1.54) is 0 Å². The molecule has 0 unspecified atom stereocenters. The molecule has 1 fully saturated rings. The third-order valence-electron chi connectivity index (χ3n) is 4.24. The van der Waals surface area contributed by atoms with Gasteiger partial charge in [0, 0.05) is 11.5 Å². The normalized spacial score (nSPS) is 19.5. The molecule has 1 aliphatic rings. The Balaban J connectivity index is 2.45. The smallest absolute Gasteiger partial charge is 0.497 e. The predicted molar refractivity (Wildman–Crippen MR) is 81.8 cm³/mol. The number of ether oxygens (including phenoxy) is 3. The summed E-state index contributed by atoms with van der Waals surface area (Å²) in [4.78, 5) is 0. The number of hydrogen-bond acceptors (Lipinski definition) is 5. The zero-order valence-corrected chi connectivity index (χ0v) is 13.8. The molecule has 0 radical (unpaired) electrons. The molecule has 1 heterocycles.